The van der Waals surface area contributed by atoms with E-state index in [4.69, 9.17) is 0 Å². The van der Waals surface area contributed by atoms with E-state index in [-0.39, 0.29) is 23.0 Å². The van der Waals surface area contributed by atoms with E-state index in [9.17, 15) is 21.6 Å². The van der Waals surface area contributed by atoms with E-state index < -0.39 is 22.6 Å². The van der Waals surface area contributed by atoms with Crippen molar-refractivity contribution in [2.45, 2.75) is 30.5 Å². The van der Waals surface area contributed by atoms with Gasteiger partial charge in [-0.25, -0.2) is 13.1 Å². The number of hydrogen-bond acceptors (Lipinski definition) is 3. The van der Waals surface area contributed by atoms with Gasteiger partial charge in [-0.3, -0.25) is 0 Å². The van der Waals surface area contributed by atoms with E-state index in [1.807, 2.05) is 0 Å². The number of alkyl halides is 3. The molecule has 0 heterocycles. The van der Waals surface area contributed by atoms with E-state index in [1.54, 1.807) is 14.0 Å². The zero-order chi connectivity index (χ0) is 15.4. The Hall–Kier alpha value is -1.12. The Kier molecular flexibility index (Phi) is 5.55. The highest BCUT2D eigenvalue weighted by Crippen LogP contribution is 2.22. The third-order valence-electron chi connectivity index (χ3n) is 2.71. The largest absolute Gasteiger partial charge is 0.393 e. The molecule has 2 N–H and O–H groups in total. The lowest BCUT2D eigenvalue weighted by molar-refractivity contribution is -0.127. The maximum absolute atomic E-state index is 12.2. The fourth-order valence-corrected chi connectivity index (χ4v) is 2.57. The van der Waals surface area contributed by atoms with Crippen LogP contribution in [0.4, 0.5) is 13.2 Å². The van der Waals surface area contributed by atoms with Crippen molar-refractivity contribution in [3.63, 3.8) is 0 Å². The van der Waals surface area contributed by atoms with Crippen molar-refractivity contribution in [2.75, 3.05) is 13.6 Å². The fourth-order valence-electron chi connectivity index (χ4n) is 1.44. The highest BCUT2D eigenvalue weighted by Gasteiger charge is 2.27. The van der Waals surface area contributed by atoms with E-state index in [2.05, 4.69) is 10.0 Å². The minimum absolute atomic E-state index is 0.0278. The first-order valence-electron chi connectivity index (χ1n) is 5.96. The van der Waals surface area contributed by atoms with Crippen LogP contribution in [-0.2, 0) is 16.4 Å². The number of sulfonamides is 1. The molecule has 0 bridgehead atoms. The first-order chi connectivity index (χ1) is 9.14. The normalized spacial score (nSPS) is 14.2. The smallest absolute Gasteiger partial charge is 0.316 e. The highest BCUT2D eigenvalue weighted by atomic mass is 32.2. The second-order valence-electron chi connectivity index (χ2n) is 4.48. The van der Waals surface area contributed by atoms with Gasteiger partial charge in [0, 0.05) is 12.6 Å². The molecule has 0 aliphatic heterocycles. The zero-order valence-electron chi connectivity index (χ0n) is 11.2. The van der Waals surface area contributed by atoms with Gasteiger partial charge in [0.15, 0.2) is 0 Å². The average Bonchev–Trinajstić information content (AvgIpc) is 2.34. The molecule has 0 spiro atoms. The van der Waals surface area contributed by atoms with Crippen LogP contribution in [0.25, 0.3) is 0 Å². The van der Waals surface area contributed by atoms with Crippen LogP contribution in [-0.4, -0.2) is 34.2 Å². The van der Waals surface area contributed by atoms with Crippen LogP contribution < -0.4 is 10.0 Å². The monoisotopic (exact) mass is 310 g/mol. The summed E-state index contributed by atoms with van der Waals surface area (Å²) >= 11 is 0. The SMILES string of the molecule is CNC(C)CNS(=O)(=O)c1ccc(CC(F)(F)F)cc1. The summed E-state index contributed by atoms with van der Waals surface area (Å²) in [5, 5.41) is 2.87. The van der Waals surface area contributed by atoms with Crippen LogP contribution in [0.2, 0.25) is 0 Å². The van der Waals surface area contributed by atoms with Crippen molar-refractivity contribution < 1.29 is 21.6 Å². The summed E-state index contributed by atoms with van der Waals surface area (Å²) in [5.74, 6) is 0. The van der Waals surface area contributed by atoms with Crippen molar-refractivity contribution in [3.8, 4) is 0 Å². The Labute approximate surface area is 116 Å². The van der Waals surface area contributed by atoms with Gasteiger partial charge in [0.1, 0.15) is 0 Å². The second-order valence-corrected chi connectivity index (χ2v) is 6.24. The molecular weight excluding hydrogens is 293 g/mol. The maximum atomic E-state index is 12.2. The van der Waals surface area contributed by atoms with E-state index in [0.29, 0.717) is 0 Å². The number of likely N-dealkylation sites (N-methyl/N-ethyl adjacent to an activating group) is 1. The van der Waals surface area contributed by atoms with E-state index >= 15 is 0 Å². The number of rotatable bonds is 6. The predicted molar refractivity (Wildman–Crippen MR) is 69.9 cm³/mol. The summed E-state index contributed by atoms with van der Waals surface area (Å²) in [6.45, 7) is 2.00. The molecule has 4 nitrogen and oxygen atoms in total. The van der Waals surface area contributed by atoms with Gasteiger partial charge in [0.05, 0.1) is 11.3 Å². The second kappa shape index (κ2) is 6.55. The van der Waals surface area contributed by atoms with Crippen molar-refractivity contribution >= 4 is 10.0 Å². The van der Waals surface area contributed by atoms with E-state index in [1.165, 1.54) is 24.3 Å². The molecule has 0 fully saturated rings. The molecule has 0 aliphatic rings. The van der Waals surface area contributed by atoms with Gasteiger partial charge in [0.25, 0.3) is 0 Å². The summed E-state index contributed by atoms with van der Waals surface area (Å²) in [5.41, 5.74) is 0.0278. The van der Waals surface area contributed by atoms with Gasteiger partial charge in [0.2, 0.25) is 10.0 Å². The summed E-state index contributed by atoms with van der Waals surface area (Å²) in [7, 11) is -2.00. The predicted octanol–water partition coefficient (Wildman–Crippen LogP) is 1.68. The van der Waals surface area contributed by atoms with Gasteiger partial charge in [-0.05, 0) is 31.7 Å². The van der Waals surface area contributed by atoms with Crippen molar-refractivity contribution in [3.05, 3.63) is 29.8 Å². The molecule has 1 unspecified atom stereocenters. The number of hydrogen-bond donors (Lipinski definition) is 2. The lowest BCUT2D eigenvalue weighted by Gasteiger charge is -2.12. The molecule has 0 aliphatic carbocycles. The summed E-state index contributed by atoms with van der Waals surface area (Å²) in [6.07, 6.45) is -5.38. The van der Waals surface area contributed by atoms with Crippen LogP contribution in [0.5, 0.6) is 0 Å². The third kappa shape index (κ3) is 5.48. The Morgan fingerprint density at radius 3 is 2.20 bits per heavy atom. The molecule has 1 rings (SSSR count). The first-order valence-corrected chi connectivity index (χ1v) is 7.45. The molecule has 0 saturated carbocycles. The molecule has 0 amide bonds. The number of halogens is 3. The minimum Gasteiger partial charge on any atom is -0.316 e. The molecule has 0 saturated heterocycles. The van der Waals surface area contributed by atoms with Crippen LogP contribution in [0.1, 0.15) is 12.5 Å². The summed E-state index contributed by atoms with van der Waals surface area (Å²) in [4.78, 5) is -0.0493. The van der Waals surface area contributed by atoms with Crippen LogP contribution in [0.15, 0.2) is 29.2 Å². The van der Waals surface area contributed by atoms with Gasteiger partial charge in [-0.2, -0.15) is 13.2 Å². The maximum Gasteiger partial charge on any atom is 0.393 e. The molecule has 114 valence electrons. The van der Waals surface area contributed by atoms with Crippen LogP contribution >= 0.6 is 0 Å². The van der Waals surface area contributed by atoms with Gasteiger partial charge in [-0.15, -0.1) is 0 Å². The molecule has 1 atom stereocenters. The standard InChI is InChI=1S/C12H17F3N2O2S/c1-9(16-2)8-17-20(18,19)11-5-3-10(4-6-11)7-12(13,14)15/h3-6,9,16-17H,7-8H2,1-2H3. The third-order valence-corrected chi connectivity index (χ3v) is 4.15. The Morgan fingerprint density at radius 1 is 1.20 bits per heavy atom. The average molecular weight is 310 g/mol. The Balaban J connectivity index is 2.77. The molecule has 1 aromatic rings. The van der Waals surface area contributed by atoms with Gasteiger partial charge in [-0.1, -0.05) is 12.1 Å². The topological polar surface area (TPSA) is 58.2 Å². The molecule has 0 radical (unpaired) electrons. The Bertz CT molecular complexity index is 527. The summed E-state index contributed by atoms with van der Waals surface area (Å²) in [6, 6.07) is 4.64. The summed E-state index contributed by atoms with van der Waals surface area (Å²) < 4.78 is 62.7. The van der Waals surface area contributed by atoms with Crippen molar-refractivity contribution in [1.82, 2.24) is 10.0 Å². The highest BCUT2D eigenvalue weighted by molar-refractivity contribution is 7.89. The van der Waals surface area contributed by atoms with E-state index in [0.717, 1.165) is 0 Å². The quantitative estimate of drug-likeness (QED) is 0.840. The molecule has 1 aromatic carbocycles. The molecular formula is C12H17F3N2O2S. The fraction of sp³-hybridized carbons (Fsp3) is 0.500. The molecule has 20 heavy (non-hydrogen) atoms. The van der Waals surface area contributed by atoms with Crippen LogP contribution in [0.3, 0.4) is 0 Å². The first kappa shape index (κ1) is 16.9. The number of nitrogens with one attached hydrogen (secondary N) is 2. The minimum atomic E-state index is -4.30. The van der Waals surface area contributed by atoms with Gasteiger partial charge >= 0.3 is 6.18 Å². The lowest BCUT2D eigenvalue weighted by atomic mass is 10.1. The zero-order valence-corrected chi connectivity index (χ0v) is 12.0. The number of benzene rings is 1. The van der Waals surface area contributed by atoms with Crippen LogP contribution in [0, 0.1) is 0 Å². The Morgan fingerprint density at radius 2 is 1.75 bits per heavy atom. The van der Waals surface area contributed by atoms with Crippen molar-refractivity contribution in [2.24, 2.45) is 0 Å². The molecule has 8 heteroatoms. The van der Waals surface area contributed by atoms with Gasteiger partial charge < -0.3 is 5.32 Å². The lowest BCUT2D eigenvalue weighted by Crippen LogP contribution is -2.37. The molecule has 0 aromatic heterocycles. The van der Waals surface area contributed by atoms with Crippen molar-refractivity contribution in [1.29, 1.82) is 0 Å².